The highest BCUT2D eigenvalue weighted by Gasteiger charge is 2.36. The molecule has 0 aromatic heterocycles. The van der Waals surface area contributed by atoms with E-state index in [-0.39, 0.29) is 30.2 Å². The van der Waals surface area contributed by atoms with Crippen molar-refractivity contribution in [2.75, 3.05) is 11.4 Å². The number of carbonyl (C=O) groups is 3. The number of primary sulfonamides is 1. The number of benzene rings is 1. The van der Waals surface area contributed by atoms with E-state index in [0.29, 0.717) is 5.69 Å². The first-order valence-corrected chi connectivity index (χ1v) is 9.75. The van der Waals surface area contributed by atoms with Gasteiger partial charge in [-0.2, -0.15) is 0 Å². The molecule has 2 atom stereocenters. The highest BCUT2D eigenvalue weighted by Crippen LogP contribution is 2.27. The molecule has 2 unspecified atom stereocenters. The fraction of sp³-hybridized carbons (Fsp3) is 0.353. The lowest BCUT2D eigenvalue weighted by atomic mass is 10.1. The molecule has 0 bridgehead atoms. The molecular weight excluding hydrogens is 374 g/mol. The molecule has 27 heavy (non-hydrogen) atoms. The number of carbonyl (C=O) groups excluding carboxylic acids is 2. The SMILES string of the molecule is C/C=C/CC(NC(=O)C1CC(=O)N(c2cccc(S(N)(=O)=O)c2)C1)C(=O)O. The minimum atomic E-state index is -3.93. The van der Waals surface area contributed by atoms with Gasteiger partial charge in [-0.3, -0.25) is 9.59 Å². The molecule has 4 N–H and O–H groups in total. The topological polar surface area (TPSA) is 147 Å². The molecule has 9 nitrogen and oxygen atoms in total. The van der Waals surface area contributed by atoms with Gasteiger partial charge in [-0.15, -0.1) is 0 Å². The Bertz CT molecular complexity index is 880. The first kappa shape index (κ1) is 20.6. The van der Waals surface area contributed by atoms with Crippen LogP contribution in [0.25, 0.3) is 0 Å². The summed E-state index contributed by atoms with van der Waals surface area (Å²) >= 11 is 0. The number of amides is 2. The van der Waals surface area contributed by atoms with Crippen LogP contribution in [0.3, 0.4) is 0 Å². The standard InChI is InChI=1S/C17H21N3O6S/c1-2-3-7-14(17(23)24)19-16(22)11-8-15(21)20(10-11)12-5-4-6-13(9-12)27(18,25)26/h2-6,9,11,14H,7-8,10H2,1H3,(H,19,22)(H,23,24)(H2,18,25,26)/b3-2+. The van der Waals surface area contributed by atoms with Crippen molar-refractivity contribution in [1.82, 2.24) is 5.32 Å². The molecule has 10 heteroatoms. The molecule has 1 aliphatic heterocycles. The lowest BCUT2D eigenvalue weighted by molar-refractivity contribution is -0.142. The molecule has 1 fully saturated rings. The third kappa shape index (κ3) is 5.14. The Hall–Kier alpha value is -2.72. The Morgan fingerprint density at radius 3 is 2.74 bits per heavy atom. The van der Waals surface area contributed by atoms with Crippen molar-refractivity contribution in [3.8, 4) is 0 Å². The van der Waals surface area contributed by atoms with E-state index in [2.05, 4.69) is 5.32 Å². The lowest BCUT2D eigenvalue weighted by Crippen LogP contribution is -2.44. The maximum Gasteiger partial charge on any atom is 0.326 e. The molecule has 1 heterocycles. The molecule has 0 aliphatic carbocycles. The van der Waals surface area contributed by atoms with Gasteiger partial charge in [0.25, 0.3) is 0 Å². The number of rotatable bonds is 7. The number of carboxylic acid groups (broad SMARTS) is 1. The van der Waals surface area contributed by atoms with Crippen LogP contribution in [-0.4, -0.2) is 43.9 Å². The summed E-state index contributed by atoms with van der Waals surface area (Å²) in [5.74, 6) is -2.79. The zero-order valence-corrected chi connectivity index (χ0v) is 15.5. The largest absolute Gasteiger partial charge is 0.480 e. The normalized spacial score (nSPS) is 18.7. The summed E-state index contributed by atoms with van der Waals surface area (Å²) in [7, 11) is -3.93. The molecule has 0 spiro atoms. The van der Waals surface area contributed by atoms with Gasteiger partial charge in [0.05, 0.1) is 10.8 Å². The Morgan fingerprint density at radius 1 is 1.44 bits per heavy atom. The van der Waals surface area contributed by atoms with E-state index in [0.717, 1.165) is 0 Å². The number of allylic oxidation sites excluding steroid dienone is 1. The predicted octanol–water partition coefficient (Wildman–Crippen LogP) is 0.223. The van der Waals surface area contributed by atoms with Crippen LogP contribution in [0.2, 0.25) is 0 Å². The maximum absolute atomic E-state index is 12.4. The Morgan fingerprint density at radius 2 is 2.15 bits per heavy atom. The van der Waals surface area contributed by atoms with E-state index in [1.54, 1.807) is 25.1 Å². The van der Waals surface area contributed by atoms with E-state index < -0.39 is 33.9 Å². The van der Waals surface area contributed by atoms with Crippen LogP contribution in [0.5, 0.6) is 0 Å². The number of carboxylic acids is 1. The van der Waals surface area contributed by atoms with E-state index in [4.69, 9.17) is 5.14 Å². The Balaban J connectivity index is 2.13. The molecule has 1 aliphatic rings. The van der Waals surface area contributed by atoms with Gasteiger partial charge in [-0.1, -0.05) is 18.2 Å². The summed E-state index contributed by atoms with van der Waals surface area (Å²) in [6.45, 7) is 1.76. The fourth-order valence-corrected chi connectivity index (χ4v) is 3.30. The van der Waals surface area contributed by atoms with Crippen molar-refractivity contribution in [2.45, 2.75) is 30.7 Å². The number of hydrogen-bond acceptors (Lipinski definition) is 5. The number of nitrogens with zero attached hydrogens (tertiary/aromatic N) is 1. The highest BCUT2D eigenvalue weighted by atomic mass is 32.2. The zero-order valence-electron chi connectivity index (χ0n) is 14.7. The summed E-state index contributed by atoms with van der Waals surface area (Å²) in [6.07, 6.45) is 3.35. The van der Waals surface area contributed by atoms with Crippen molar-refractivity contribution in [1.29, 1.82) is 0 Å². The Kier molecular flexibility index (Phi) is 6.34. The quantitative estimate of drug-likeness (QED) is 0.563. The fourth-order valence-electron chi connectivity index (χ4n) is 2.74. The lowest BCUT2D eigenvalue weighted by Gasteiger charge is -2.18. The third-order valence-electron chi connectivity index (χ3n) is 4.18. The van der Waals surface area contributed by atoms with Gasteiger partial charge in [-0.25, -0.2) is 18.4 Å². The second-order valence-corrected chi connectivity index (χ2v) is 7.71. The van der Waals surface area contributed by atoms with Crippen molar-refractivity contribution < 1.29 is 27.9 Å². The number of sulfonamides is 1. The summed E-state index contributed by atoms with van der Waals surface area (Å²) in [5.41, 5.74) is 0.311. The first-order chi connectivity index (χ1) is 12.6. The summed E-state index contributed by atoms with van der Waals surface area (Å²) in [5, 5.41) is 16.7. The predicted molar refractivity (Wildman–Crippen MR) is 97.3 cm³/mol. The zero-order chi connectivity index (χ0) is 20.2. The second-order valence-electron chi connectivity index (χ2n) is 6.15. The first-order valence-electron chi connectivity index (χ1n) is 8.21. The van der Waals surface area contributed by atoms with Crippen LogP contribution in [0.1, 0.15) is 19.8 Å². The number of anilines is 1. The van der Waals surface area contributed by atoms with Crippen LogP contribution >= 0.6 is 0 Å². The number of nitrogens with one attached hydrogen (secondary N) is 1. The van der Waals surface area contributed by atoms with Gasteiger partial charge in [0.1, 0.15) is 6.04 Å². The van der Waals surface area contributed by atoms with Gasteiger partial charge in [-0.05, 0) is 31.5 Å². The van der Waals surface area contributed by atoms with Gasteiger partial charge in [0.2, 0.25) is 21.8 Å². The molecule has 146 valence electrons. The smallest absolute Gasteiger partial charge is 0.326 e. The number of hydrogen-bond donors (Lipinski definition) is 3. The van der Waals surface area contributed by atoms with Crippen LogP contribution < -0.4 is 15.4 Å². The van der Waals surface area contributed by atoms with Crippen LogP contribution in [0.15, 0.2) is 41.3 Å². The minimum Gasteiger partial charge on any atom is -0.480 e. The van der Waals surface area contributed by atoms with Crippen LogP contribution in [-0.2, 0) is 24.4 Å². The average molecular weight is 395 g/mol. The summed E-state index contributed by atoms with van der Waals surface area (Å²) in [4.78, 5) is 37.1. The molecule has 0 saturated carbocycles. The third-order valence-corrected chi connectivity index (χ3v) is 5.09. The summed E-state index contributed by atoms with van der Waals surface area (Å²) < 4.78 is 22.9. The minimum absolute atomic E-state index is 0.0225. The molecule has 0 radical (unpaired) electrons. The monoisotopic (exact) mass is 395 g/mol. The second kappa shape index (κ2) is 8.31. The molecule has 2 amide bonds. The number of nitrogens with two attached hydrogens (primary N) is 1. The number of aliphatic carboxylic acids is 1. The summed E-state index contributed by atoms with van der Waals surface area (Å²) in [6, 6.07) is 4.48. The van der Waals surface area contributed by atoms with Crippen molar-refractivity contribution >= 4 is 33.5 Å². The molecule has 1 aromatic carbocycles. The average Bonchev–Trinajstić information content (AvgIpc) is 2.99. The molecule has 1 saturated heterocycles. The van der Waals surface area contributed by atoms with Gasteiger partial charge in [0, 0.05) is 18.7 Å². The van der Waals surface area contributed by atoms with Crippen LogP contribution in [0.4, 0.5) is 5.69 Å². The van der Waals surface area contributed by atoms with Gasteiger partial charge < -0.3 is 15.3 Å². The molecular formula is C17H21N3O6S. The van der Waals surface area contributed by atoms with Crippen LogP contribution in [0, 0.1) is 5.92 Å². The van der Waals surface area contributed by atoms with E-state index in [1.807, 2.05) is 0 Å². The van der Waals surface area contributed by atoms with Gasteiger partial charge >= 0.3 is 5.97 Å². The van der Waals surface area contributed by atoms with Gasteiger partial charge in [0.15, 0.2) is 0 Å². The van der Waals surface area contributed by atoms with Crippen molar-refractivity contribution in [3.63, 3.8) is 0 Å². The van der Waals surface area contributed by atoms with E-state index in [1.165, 1.54) is 23.1 Å². The maximum atomic E-state index is 12.4. The van der Waals surface area contributed by atoms with E-state index >= 15 is 0 Å². The van der Waals surface area contributed by atoms with E-state index in [9.17, 15) is 27.9 Å². The van der Waals surface area contributed by atoms with Crippen molar-refractivity contribution in [2.24, 2.45) is 11.1 Å². The Labute approximate surface area is 156 Å². The van der Waals surface area contributed by atoms with Crippen molar-refractivity contribution in [3.05, 3.63) is 36.4 Å². The molecule has 2 rings (SSSR count). The highest BCUT2D eigenvalue weighted by molar-refractivity contribution is 7.89. The molecule has 1 aromatic rings.